The van der Waals surface area contributed by atoms with Gasteiger partial charge in [-0.25, -0.2) is 0 Å². The first kappa shape index (κ1) is 19.9. The predicted molar refractivity (Wildman–Crippen MR) is 111 cm³/mol. The Bertz CT molecular complexity index is 691. The minimum atomic E-state index is -0.411. The van der Waals surface area contributed by atoms with Crippen LogP contribution < -0.4 is 10.6 Å². The number of halogens is 1. The van der Waals surface area contributed by atoms with Gasteiger partial charge < -0.3 is 20.4 Å². The summed E-state index contributed by atoms with van der Waals surface area (Å²) in [5.41, 5.74) is 0.805. The van der Waals surface area contributed by atoms with Crippen LogP contribution in [0.1, 0.15) is 32.1 Å². The Hall–Kier alpha value is -1.86. The smallest absolute Gasteiger partial charge is 0.245 e. The van der Waals surface area contributed by atoms with Crippen LogP contribution in [0.25, 0.3) is 0 Å². The zero-order valence-corrected chi connectivity index (χ0v) is 16.8. The molecule has 8 heteroatoms. The molecule has 27 heavy (non-hydrogen) atoms. The Morgan fingerprint density at radius 2 is 1.78 bits per heavy atom. The third kappa shape index (κ3) is 5.56. The van der Waals surface area contributed by atoms with Gasteiger partial charge in [0.05, 0.1) is 6.54 Å². The average Bonchev–Trinajstić information content (AvgIpc) is 3.14. The van der Waals surface area contributed by atoms with Crippen LogP contribution in [0.2, 0.25) is 5.02 Å². The van der Waals surface area contributed by atoms with Crippen molar-refractivity contribution in [2.24, 2.45) is 0 Å². The van der Waals surface area contributed by atoms with E-state index in [0.717, 1.165) is 44.5 Å². The Balaban J connectivity index is 1.56. The molecular formula is C19H25ClN4O2S. The van der Waals surface area contributed by atoms with Crippen LogP contribution in [-0.2, 0) is 9.59 Å². The molecule has 0 spiro atoms. The zero-order valence-electron chi connectivity index (χ0n) is 15.2. The van der Waals surface area contributed by atoms with Crippen LogP contribution in [0.4, 0.5) is 5.69 Å². The highest BCUT2D eigenvalue weighted by Gasteiger charge is 2.30. The lowest BCUT2D eigenvalue weighted by Crippen LogP contribution is -2.51. The van der Waals surface area contributed by atoms with E-state index >= 15 is 0 Å². The van der Waals surface area contributed by atoms with Gasteiger partial charge >= 0.3 is 0 Å². The summed E-state index contributed by atoms with van der Waals surface area (Å²) in [5, 5.41) is 7.23. The monoisotopic (exact) mass is 408 g/mol. The minimum Gasteiger partial charge on any atom is -0.351 e. The summed E-state index contributed by atoms with van der Waals surface area (Å²) >= 11 is 11.2. The molecule has 1 aromatic carbocycles. The van der Waals surface area contributed by atoms with Gasteiger partial charge in [-0.15, -0.1) is 0 Å². The van der Waals surface area contributed by atoms with Crippen molar-refractivity contribution in [3.63, 3.8) is 0 Å². The van der Waals surface area contributed by atoms with Crippen molar-refractivity contribution in [1.82, 2.24) is 15.1 Å². The number of carbonyl (C=O) groups is 2. The molecule has 2 aliphatic heterocycles. The van der Waals surface area contributed by atoms with Gasteiger partial charge in [0.2, 0.25) is 11.8 Å². The molecule has 2 amide bonds. The fourth-order valence-corrected chi connectivity index (χ4v) is 3.87. The number of amides is 2. The fourth-order valence-electron chi connectivity index (χ4n) is 3.48. The Morgan fingerprint density at radius 3 is 2.48 bits per heavy atom. The highest BCUT2D eigenvalue weighted by molar-refractivity contribution is 7.80. The molecule has 0 aromatic heterocycles. The van der Waals surface area contributed by atoms with Crippen molar-refractivity contribution in [3.8, 4) is 0 Å². The molecule has 1 aromatic rings. The van der Waals surface area contributed by atoms with Gasteiger partial charge in [0.15, 0.2) is 5.11 Å². The number of thiocarbonyl (C=S) groups is 1. The maximum absolute atomic E-state index is 12.9. The van der Waals surface area contributed by atoms with E-state index < -0.39 is 6.04 Å². The maximum Gasteiger partial charge on any atom is 0.245 e. The minimum absolute atomic E-state index is 0.0448. The van der Waals surface area contributed by atoms with E-state index in [1.54, 1.807) is 17.0 Å². The molecule has 146 valence electrons. The average molecular weight is 409 g/mol. The Labute approximate surface area is 170 Å². The molecule has 1 unspecified atom stereocenters. The summed E-state index contributed by atoms with van der Waals surface area (Å²) < 4.78 is 0. The van der Waals surface area contributed by atoms with E-state index in [0.29, 0.717) is 23.1 Å². The van der Waals surface area contributed by atoms with Crippen LogP contribution in [0.15, 0.2) is 24.3 Å². The van der Waals surface area contributed by atoms with Gasteiger partial charge in [-0.2, -0.15) is 0 Å². The molecule has 0 saturated carbocycles. The number of anilines is 1. The molecule has 1 atom stereocenters. The van der Waals surface area contributed by atoms with E-state index in [2.05, 4.69) is 10.6 Å². The van der Waals surface area contributed by atoms with Gasteiger partial charge in [0.1, 0.15) is 6.04 Å². The zero-order chi connectivity index (χ0) is 19.2. The summed E-state index contributed by atoms with van der Waals surface area (Å²) in [6.07, 6.45) is 4.62. The second-order valence-electron chi connectivity index (χ2n) is 7.00. The van der Waals surface area contributed by atoms with Crippen LogP contribution in [0.5, 0.6) is 0 Å². The Kier molecular flexibility index (Phi) is 6.90. The van der Waals surface area contributed by atoms with E-state index in [1.807, 2.05) is 17.0 Å². The molecule has 2 saturated heterocycles. The third-order valence-corrected chi connectivity index (χ3v) is 5.44. The van der Waals surface area contributed by atoms with Gasteiger partial charge in [-0.3, -0.25) is 9.59 Å². The summed E-state index contributed by atoms with van der Waals surface area (Å²) in [7, 11) is 0. The summed E-state index contributed by atoms with van der Waals surface area (Å²) in [5.74, 6) is -0.0105. The molecule has 0 aliphatic carbocycles. The number of rotatable bonds is 4. The molecule has 2 aliphatic rings. The topological polar surface area (TPSA) is 64.7 Å². The second-order valence-corrected chi connectivity index (χ2v) is 7.85. The Morgan fingerprint density at radius 1 is 1.11 bits per heavy atom. The van der Waals surface area contributed by atoms with Crippen molar-refractivity contribution >= 4 is 46.4 Å². The first-order valence-corrected chi connectivity index (χ1v) is 10.2. The maximum atomic E-state index is 12.9. The number of carbonyl (C=O) groups excluding carboxylic acids is 2. The van der Waals surface area contributed by atoms with Crippen LogP contribution >= 0.6 is 23.8 Å². The SMILES string of the molecule is O=C(CN1CCCCC(NC(=S)Nc2ccc(Cl)cc2)C1=O)N1CCCC1. The molecule has 2 heterocycles. The summed E-state index contributed by atoms with van der Waals surface area (Å²) in [6.45, 7) is 2.39. The first-order valence-electron chi connectivity index (χ1n) is 9.42. The van der Waals surface area contributed by atoms with Gasteiger partial charge in [-0.05, 0) is 68.6 Å². The number of nitrogens with one attached hydrogen (secondary N) is 2. The largest absolute Gasteiger partial charge is 0.351 e. The van der Waals surface area contributed by atoms with Gasteiger partial charge in [0.25, 0.3) is 0 Å². The molecule has 2 N–H and O–H groups in total. The number of likely N-dealkylation sites (tertiary alicyclic amines) is 2. The summed E-state index contributed by atoms with van der Waals surface area (Å²) in [4.78, 5) is 28.9. The van der Waals surface area contributed by atoms with Crippen LogP contribution in [0, 0.1) is 0 Å². The highest BCUT2D eigenvalue weighted by Crippen LogP contribution is 2.16. The molecule has 0 radical (unpaired) electrons. The van der Waals surface area contributed by atoms with Crippen molar-refractivity contribution in [2.45, 2.75) is 38.1 Å². The lowest BCUT2D eigenvalue weighted by Gasteiger charge is -2.27. The summed E-state index contributed by atoms with van der Waals surface area (Å²) in [6, 6.07) is 6.79. The second kappa shape index (κ2) is 9.37. The quantitative estimate of drug-likeness (QED) is 0.750. The fraction of sp³-hybridized carbons (Fsp3) is 0.526. The number of benzene rings is 1. The van der Waals surface area contributed by atoms with Crippen molar-refractivity contribution in [1.29, 1.82) is 0 Å². The van der Waals surface area contributed by atoms with Gasteiger partial charge in [-0.1, -0.05) is 11.6 Å². The lowest BCUT2D eigenvalue weighted by atomic mass is 10.1. The van der Waals surface area contributed by atoms with Crippen molar-refractivity contribution < 1.29 is 9.59 Å². The van der Waals surface area contributed by atoms with Crippen LogP contribution in [-0.4, -0.2) is 58.9 Å². The van der Waals surface area contributed by atoms with E-state index in [9.17, 15) is 9.59 Å². The van der Waals surface area contributed by atoms with Crippen LogP contribution in [0.3, 0.4) is 0 Å². The van der Waals surface area contributed by atoms with E-state index in [1.165, 1.54) is 0 Å². The number of hydrogen-bond donors (Lipinski definition) is 2. The van der Waals surface area contributed by atoms with Gasteiger partial charge in [0, 0.05) is 30.3 Å². The van der Waals surface area contributed by atoms with E-state index in [-0.39, 0.29) is 18.4 Å². The third-order valence-electron chi connectivity index (χ3n) is 4.97. The number of nitrogens with zero attached hydrogens (tertiary/aromatic N) is 2. The van der Waals surface area contributed by atoms with E-state index in [4.69, 9.17) is 23.8 Å². The molecule has 3 rings (SSSR count). The molecule has 2 fully saturated rings. The normalized spacial score (nSPS) is 20.3. The predicted octanol–water partition coefficient (Wildman–Crippen LogP) is 2.63. The van der Waals surface area contributed by atoms with Crippen molar-refractivity contribution in [3.05, 3.63) is 29.3 Å². The first-order chi connectivity index (χ1) is 13.0. The molecular weight excluding hydrogens is 384 g/mol. The highest BCUT2D eigenvalue weighted by atomic mass is 35.5. The number of hydrogen-bond acceptors (Lipinski definition) is 3. The molecule has 6 nitrogen and oxygen atoms in total. The van der Waals surface area contributed by atoms with Crippen molar-refractivity contribution in [2.75, 3.05) is 31.5 Å². The standard InChI is InChI=1S/C19H25ClN4O2S/c20-14-6-8-15(9-7-14)21-19(27)22-16-5-1-2-12-24(18(16)26)13-17(25)23-10-3-4-11-23/h6-9,16H,1-5,10-13H2,(H2,21,22,27). The molecule has 0 bridgehead atoms. The lowest BCUT2D eigenvalue weighted by molar-refractivity contribution is -0.140.